The van der Waals surface area contributed by atoms with Crippen molar-refractivity contribution in [3.8, 4) is 0 Å². The van der Waals surface area contributed by atoms with E-state index in [1.165, 1.54) is 25.1 Å². The summed E-state index contributed by atoms with van der Waals surface area (Å²) in [6.45, 7) is 2.63. The number of nitrogens with one attached hydrogen (secondary N) is 1. The molecule has 1 aliphatic heterocycles. The molecule has 0 spiro atoms. The number of nitro benzene ring substituents is 1. The molecule has 1 heterocycles. The molecule has 0 aliphatic carbocycles. The molecule has 2 rings (SSSR count). The normalized spacial score (nSPS) is 22.5. The molecule has 10 nitrogen and oxygen atoms in total. The van der Waals surface area contributed by atoms with E-state index in [4.69, 9.17) is 14.6 Å². The average Bonchev–Trinajstić information content (AvgIpc) is 2.51. The molecule has 10 heteroatoms. The minimum atomic E-state index is -1.10. The van der Waals surface area contributed by atoms with Gasteiger partial charge in [0.25, 0.3) is 5.69 Å². The fourth-order valence-corrected chi connectivity index (χ4v) is 3.05. The molecule has 1 aromatic rings. The first-order valence-electron chi connectivity index (χ1n) is 7.73. The van der Waals surface area contributed by atoms with Crippen molar-refractivity contribution in [2.45, 2.75) is 38.5 Å². The average molecular weight is 366 g/mol. The van der Waals surface area contributed by atoms with E-state index in [-0.39, 0.29) is 24.3 Å². The van der Waals surface area contributed by atoms with Gasteiger partial charge in [0.15, 0.2) is 0 Å². The number of carbonyl (C=O) groups excluding carboxylic acids is 2. The summed E-state index contributed by atoms with van der Waals surface area (Å²) >= 11 is 0. The fourth-order valence-electron chi connectivity index (χ4n) is 3.05. The van der Waals surface area contributed by atoms with Crippen molar-refractivity contribution in [3.05, 3.63) is 39.9 Å². The maximum Gasteiger partial charge on any atom is 0.508 e. The van der Waals surface area contributed by atoms with Crippen LogP contribution in [-0.2, 0) is 25.7 Å². The van der Waals surface area contributed by atoms with Gasteiger partial charge >= 0.3 is 12.1 Å². The lowest BCUT2D eigenvalue weighted by molar-refractivity contribution is -0.385. The molecule has 2 N–H and O–H groups in total. The highest BCUT2D eigenvalue weighted by Crippen LogP contribution is 2.34. The molecule has 0 aromatic heterocycles. The Morgan fingerprint density at radius 1 is 1.42 bits per heavy atom. The van der Waals surface area contributed by atoms with Crippen LogP contribution < -0.4 is 5.32 Å². The maximum absolute atomic E-state index is 11.8. The molecule has 26 heavy (non-hydrogen) atoms. The quantitative estimate of drug-likeness (QED) is 0.320. The van der Waals surface area contributed by atoms with Gasteiger partial charge in [0, 0.05) is 6.07 Å². The molecule has 1 fully saturated rings. The number of carboxylic acids is 1. The Labute approximate surface area is 148 Å². The van der Waals surface area contributed by atoms with Crippen LogP contribution in [0.2, 0.25) is 0 Å². The van der Waals surface area contributed by atoms with Crippen molar-refractivity contribution in [1.82, 2.24) is 5.32 Å². The number of carbonyl (C=O) groups is 3. The molecule has 1 amide bonds. The number of hydrogen-bond acceptors (Lipinski definition) is 7. The van der Waals surface area contributed by atoms with Gasteiger partial charge in [-0.2, -0.15) is 0 Å². The third-order valence-corrected chi connectivity index (χ3v) is 4.18. The smallest absolute Gasteiger partial charge is 0.481 e. The number of β-lactam (4-membered cyclic amide) rings is 1. The molecule has 0 radical (unpaired) electrons. The number of carboxylic acid groups (broad SMARTS) is 1. The molecule has 1 aliphatic rings. The van der Waals surface area contributed by atoms with Crippen LogP contribution in [0.15, 0.2) is 24.3 Å². The van der Waals surface area contributed by atoms with Crippen LogP contribution in [-0.4, -0.2) is 39.7 Å². The van der Waals surface area contributed by atoms with E-state index in [1.54, 1.807) is 13.0 Å². The Kier molecular flexibility index (Phi) is 5.44. The van der Waals surface area contributed by atoms with E-state index < -0.39 is 40.5 Å². The topological polar surface area (TPSA) is 145 Å². The predicted molar refractivity (Wildman–Crippen MR) is 86.1 cm³/mol. The molecular formula is C16H18N2O8. The second-order valence-electron chi connectivity index (χ2n) is 6.20. The van der Waals surface area contributed by atoms with Crippen molar-refractivity contribution >= 4 is 23.7 Å². The first-order chi connectivity index (χ1) is 12.1. The summed E-state index contributed by atoms with van der Waals surface area (Å²) in [5.74, 6) is -2.35. The van der Waals surface area contributed by atoms with Gasteiger partial charge in [0.05, 0.1) is 28.4 Å². The van der Waals surface area contributed by atoms with Crippen molar-refractivity contribution in [2.24, 2.45) is 5.92 Å². The van der Waals surface area contributed by atoms with Crippen molar-refractivity contribution in [3.63, 3.8) is 0 Å². The van der Waals surface area contributed by atoms with Crippen LogP contribution in [0.4, 0.5) is 10.5 Å². The van der Waals surface area contributed by atoms with Gasteiger partial charge < -0.3 is 19.9 Å². The fraction of sp³-hybridized carbons (Fsp3) is 0.438. The van der Waals surface area contributed by atoms with E-state index >= 15 is 0 Å². The minimum Gasteiger partial charge on any atom is -0.481 e. The number of benzene rings is 1. The summed E-state index contributed by atoms with van der Waals surface area (Å²) in [5, 5.41) is 22.3. The van der Waals surface area contributed by atoms with Gasteiger partial charge in [-0.25, -0.2) is 4.79 Å². The highest BCUT2D eigenvalue weighted by Gasteiger charge is 2.54. The number of nitro groups is 1. The first kappa shape index (κ1) is 19.2. The maximum atomic E-state index is 11.8. The molecule has 3 atom stereocenters. The Morgan fingerprint density at radius 3 is 2.65 bits per heavy atom. The van der Waals surface area contributed by atoms with Gasteiger partial charge in [-0.1, -0.05) is 12.1 Å². The number of para-hydroxylation sites is 1. The molecule has 2 unspecified atom stereocenters. The zero-order valence-corrected chi connectivity index (χ0v) is 14.1. The highest BCUT2D eigenvalue weighted by molar-refractivity contribution is 5.90. The number of rotatable bonds is 7. The molecular weight excluding hydrogens is 348 g/mol. The van der Waals surface area contributed by atoms with Crippen molar-refractivity contribution < 1.29 is 33.9 Å². The third-order valence-electron chi connectivity index (χ3n) is 4.18. The Bertz CT molecular complexity index is 750. The number of nitrogens with zero attached hydrogens (tertiary/aromatic N) is 1. The van der Waals surface area contributed by atoms with Crippen molar-refractivity contribution in [1.29, 1.82) is 0 Å². The molecule has 1 aromatic carbocycles. The van der Waals surface area contributed by atoms with Crippen LogP contribution in [0.5, 0.6) is 0 Å². The van der Waals surface area contributed by atoms with Gasteiger partial charge in [0.2, 0.25) is 5.91 Å². The summed E-state index contributed by atoms with van der Waals surface area (Å²) in [6, 6.07) is 5.77. The van der Waals surface area contributed by atoms with Crippen LogP contribution in [0.25, 0.3) is 0 Å². The number of aliphatic carboxylic acids is 1. The molecule has 0 saturated carbocycles. The summed E-state index contributed by atoms with van der Waals surface area (Å²) in [7, 11) is 0. The first-order valence-corrected chi connectivity index (χ1v) is 7.73. The SMILES string of the molecule is C[C@@H](OC(=O)OCc1ccccc1[N+](=O)[O-])C1C(=O)NC1(C)CC(=O)O. The lowest BCUT2D eigenvalue weighted by atomic mass is 9.72. The summed E-state index contributed by atoms with van der Waals surface area (Å²) in [4.78, 5) is 44.8. The van der Waals surface area contributed by atoms with Gasteiger partial charge in [-0.15, -0.1) is 0 Å². The lowest BCUT2D eigenvalue weighted by Crippen LogP contribution is -2.71. The second kappa shape index (κ2) is 7.38. The molecule has 0 bridgehead atoms. The van der Waals surface area contributed by atoms with E-state index in [2.05, 4.69) is 5.32 Å². The van der Waals surface area contributed by atoms with E-state index in [0.717, 1.165) is 0 Å². The van der Waals surface area contributed by atoms with Gasteiger partial charge in [-0.05, 0) is 19.9 Å². The Hall–Kier alpha value is -3.17. The van der Waals surface area contributed by atoms with Crippen LogP contribution in [0, 0.1) is 16.0 Å². The summed E-state index contributed by atoms with van der Waals surface area (Å²) in [5.41, 5.74) is -1.03. The van der Waals surface area contributed by atoms with Crippen LogP contribution in [0.3, 0.4) is 0 Å². The monoisotopic (exact) mass is 366 g/mol. The van der Waals surface area contributed by atoms with E-state index in [1.807, 2.05) is 0 Å². The van der Waals surface area contributed by atoms with Crippen LogP contribution >= 0.6 is 0 Å². The summed E-state index contributed by atoms with van der Waals surface area (Å²) < 4.78 is 9.92. The minimum absolute atomic E-state index is 0.194. The standard InChI is InChI=1S/C16H18N2O8/c1-9(13-14(21)17-16(13,2)7-12(19)20)26-15(22)25-8-10-5-3-4-6-11(10)18(23)24/h3-6,9,13H,7-8H2,1-2H3,(H,17,21)(H,19,20)/t9-,13?,16?/m1/s1. The van der Waals surface area contributed by atoms with Gasteiger partial charge in [-0.3, -0.25) is 19.7 Å². The largest absolute Gasteiger partial charge is 0.508 e. The summed E-state index contributed by atoms with van der Waals surface area (Å²) in [6.07, 6.45) is -2.35. The zero-order chi connectivity index (χ0) is 19.5. The molecule has 140 valence electrons. The molecule has 1 saturated heterocycles. The highest BCUT2D eigenvalue weighted by atomic mass is 16.7. The lowest BCUT2D eigenvalue weighted by Gasteiger charge is -2.47. The van der Waals surface area contributed by atoms with Crippen molar-refractivity contribution in [2.75, 3.05) is 0 Å². The van der Waals surface area contributed by atoms with E-state index in [9.17, 15) is 24.5 Å². The van der Waals surface area contributed by atoms with E-state index in [0.29, 0.717) is 0 Å². The van der Waals surface area contributed by atoms with Crippen LogP contribution in [0.1, 0.15) is 25.8 Å². The zero-order valence-electron chi connectivity index (χ0n) is 14.1. The number of ether oxygens (including phenoxy) is 2. The predicted octanol–water partition coefficient (Wildman–Crippen LogP) is 1.62. The number of hydrogen-bond donors (Lipinski definition) is 2. The second-order valence-corrected chi connectivity index (χ2v) is 6.20. The Morgan fingerprint density at radius 2 is 2.08 bits per heavy atom. The van der Waals surface area contributed by atoms with Gasteiger partial charge in [0.1, 0.15) is 12.7 Å². The third kappa shape index (κ3) is 4.08. The number of amides is 1. The Balaban J connectivity index is 1.94.